The van der Waals surface area contributed by atoms with Gasteiger partial charge in [-0.25, -0.2) is 0 Å². The summed E-state index contributed by atoms with van der Waals surface area (Å²) in [7, 11) is 0. The molecule has 1 aromatic rings. The van der Waals surface area contributed by atoms with Crippen LogP contribution in [0.4, 0.5) is 0 Å². The van der Waals surface area contributed by atoms with Crippen LogP contribution in [-0.2, 0) is 0 Å². The molecule has 3 N–H and O–H groups in total. The van der Waals surface area contributed by atoms with Gasteiger partial charge in [-0.3, -0.25) is 4.98 Å². The number of aromatic hydroxyl groups is 2. The molecule has 0 spiro atoms. The highest BCUT2D eigenvalue weighted by Crippen LogP contribution is 2.26. The smallest absolute Gasteiger partial charge is 0.205 e. The fourth-order valence-corrected chi connectivity index (χ4v) is 0.721. The normalized spacial score (nSPS) is 9.62. The zero-order valence-corrected chi connectivity index (χ0v) is 5.44. The number of rotatable bonds is 0. The summed E-state index contributed by atoms with van der Waals surface area (Å²) >= 11 is 2.97. The minimum absolute atomic E-state index is 0.0469. The highest BCUT2D eigenvalue weighted by atomic mass is 79.9. The van der Waals surface area contributed by atoms with E-state index in [0.29, 0.717) is 4.47 Å². The largest absolute Gasteiger partial charge is 0.494 e. The molecule has 1 heterocycles. The Bertz CT molecular complexity index is 176. The number of aromatic amines is 1. The lowest BCUT2D eigenvalue weighted by molar-refractivity contribution is 0.424. The molecule has 0 saturated heterocycles. The van der Waals surface area contributed by atoms with Crippen molar-refractivity contribution in [1.82, 2.24) is 4.98 Å². The van der Waals surface area contributed by atoms with E-state index in [1.54, 1.807) is 0 Å². The van der Waals surface area contributed by atoms with Crippen molar-refractivity contribution in [3.05, 3.63) is 10.5 Å². The SMILES string of the molecule is Oc1cc(Br)c(O)[nH]1. The monoisotopic (exact) mass is 177 g/mol. The standard InChI is InChI=1S/C4H4BrNO2/c5-2-1-3(7)6-4(2)8/h1,6-8H. The van der Waals surface area contributed by atoms with Crippen molar-refractivity contribution < 1.29 is 10.2 Å². The highest BCUT2D eigenvalue weighted by Gasteiger charge is 1.99. The zero-order chi connectivity index (χ0) is 6.15. The molecule has 8 heavy (non-hydrogen) atoms. The van der Waals surface area contributed by atoms with E-state index < -0.39 is 0 Å². The van der Waals surface area contributed by atoms with Gasteiger partial charge in [-0.1, -0.05) is 0 Å². The Hall–Kier alpha value is -0.640. The van der Waals surface area contributed by atoms with Crippen molar-refractivity contribution in [2.75, 3.05) is 0 Å². The summed E-state index contributed by atoms with van der Waals surface area (Å²) in [6, 6.07) is 1.37. The topological polar surface area (TPSA) is 56.2 Å². The van der Waals surface area contributed by atoms with Crippen LogP contribution in [0.2, 0.25) is 0 Å². The summed E-state index contributed by atoms with van der Waals surface area (Å²) in [5.41, 5.74) is 0. The molecule has 0 aliphatic heterocycles. The predicted molar refractivity (Wildman–Crippen MR) is 31.8 cm³/mol. The van der Waals surface area contributed by atoms with Crippen molar-refractivity contribution in [3.8, 4) is 11.8 Å². The van der Waals surface area contributed by atoms with Crippen LogP contribution < -0.4 is 0 Å². The van der Waals surface area contributed by atoms with E-state index in [4.69, 9.17) is 10.2 Å². The lowest BCUT2D eigenvalue weighted by Gasteiger charge is -1.79. The number of hydrogen-bond donors (Lipinski definition) is 3. The lowest BCUT2D eigenvalue weighted by atomic mass is 10.6. The van der Waals surface area contributed by atoms with Crippen molar-refractivity contribution >= 4 is 15.9 Å². The first-order chi connectivity index (χ1) is 3.70. The molecule has 0 unspecified atom stereocenters. The molecule has 0 aliphatic carbocycles. The van der Waals surface area contributed by atoms with Gasteiger partial charge in [0.1, 0.15) is 0 Å². The van der Waals surface area contributed by atoms with Crippen LogP contribution in [0.3, 0.4) is 0 Å². The molecule has 44 valence electrons. The lowest BCUT2D eigenvalue weighted by Crippen LogP contribution is -1.58. The minimum atomic E-state index is -0.0532. The van der Waals surface area contributed by atoms with E-state index in [0.717, 1.165) is 0 Å². The van der Waals surface area contributed by atoms with Crippen molar-refractivity contribution in [2.24, 2.45) is 0 Å². The van der Waals surface area contributed by atoms with E-state index in [-0.39, 0.29) is 11.8 Å². The fourth-order valence-electron chi connectivity index (χ4n) is 0.405. The highest BCUT2D eigenvalue weighted by molar-refractivity contribution is 9.10. The van der Waals surface area contributed by atoms with E-state index in [2.05, 4.69) is 20.9 Å². The van der Waals surface area contributed by atoms with Gasteiger partial charge in [0.05, 0.1) is 4.47 Å². The third kappa shape index (κ3) is 0.790. The first kappa shape index (κ1) is 5.50. The number of hydrogen-bond acceptors (Lipinski definition) is 2. The molecular formula is C4H4BrNO2. The van der Waals surface area contributed by atoms with Gasteiger partial charge in [-0.05, 0) is 15.9 Å². The van der Waals surface area contributed by atoms with Gasteiger partial charge in [0.25, 0.3) is 0 Å². The van der Waals surface area contributed by atoms with Crippen LogP contribution in [-0.4, -0.2) is 15.2 Å². The Morgan fingerprint density at radius 3 is 2.25 bits per heavy atom. The Morgan fingerprint density at radius 1 is 1.50 bits per heavy atom. The summed E-state index contributed by atoms with van der Waals surface area (Å²) in [6.45, 7) is 0. The quantitative estimate of drug-likeness (QED) is 0.558. The molecule has 4 heteroatoms. The third-order valence-electron chi connectivity index (χ3n) is 0.736. The molecule has 0 aromatic carbocycles. The van der Waals surface area contributed by atoms with E-state index in [9.17, 15) is 0 Å². The van der Waals surface area contributed by atoms with E-state index in [1.807, 2.05) is 0 Å². The maximum Gasteiger partial charge on any atom is 0.205 e. The average molecular weight is 178 g/mol. The number of H-pyrrole nitrogens is 1. The van der Waals surface area contributed by atoms with Crippen LogP contribution >= 0.6 is 15.9 Å². The van der Waals surface area contributed by atoms with Gasteiger partial charge in [0.15, 0.2) is 5.88 Å². The van der Waals surface area contributed by atoms with E-state index in [1.165, 1.54) is 6.07 Å². The second-order valence-electron chi connectivity index (χ2n) is 1.35. The molecule has 1 aromatic heterocycles. The maximum absolute atomic E-state index is 8.68. The van der Waals surface area contributed by atoms with Gasteiger partial charge in [0, 0.05) is 6.07 Å². The van der Waals surface area contributed by atoms with Gasteiger partial charge in [-0.15, -0.1) is 0 Å². The summed E-state index contributed by atoms with van der Waals surface area (Å²) in [5.74, 6) is -0.100. The molecule has 0 radical (unpaired) electrons. The molecule has 3 nitrogen and oxygen atoms in total. The van der Waals surface area contributed by atoms with Crippen LogP contribution in [0.1, 0.15) is 0 Å². The van der Waals surface area contributed by atoms with Gasteiger partial charge < -0.3 is 10.2 Å². The molecule has 0 atom stereocenters. The van der Waals surface area contributed by atoms with E-state index >= 15 is 0 Å². The zero-order valence-electron chi connectivity index (χ0n) is 3.85. The van der Waals surface area contributed by atoms with Crippen LogP contribution in [0.5, 0.6) is 11.8 Å². The van der Waals surface area contributed by atoms with Gasteiger partial charge in [-0.2, -0.15) is 0 Å². The van der Waals surface area contributed by atoms with Crippen LogP contribution in [0.25, 0.3) is 0 Å². The molecule has 0 bridgehead atoms. The molecule has 0 fully saturated rings. The predicted octanol–water partition coefficient (Wildman–Crippen LogP) is 1.19. The number of halogens is 1. The van der Waals surface area contributed by atoms with Crippen molar-refractivity contribution in [2.45, 2.75) is 0 Å². The Morgan fingerprint density at radius 2 is 2.12 bits per heavy atom. The van der Waals surface area contributed by atoms with Gasteiger partial charge >= 0.3 is 0 Å². The Labute approximate surface area is 54.1 Å². The van der Waals surface area contributed by atoms with Crippen molar-refractivity contribution in [1.29, 1.82) is 0 Å². The van der Waals surface area contributed by atoms with Crippen LogP contribution in [0.15, 0.2) is 10.5 Å². The Kier molecular flexibility index (Phi) is 1.17. The summed E-state index contributed by atoms with van der Waals surface area (Å²) < 4.78 is 0.468. The first-order valence-electron chi connectivity index (χ1n) is 1.96. The summed E-state index contributed by atoms with van der Waals surface area (Å²) in [6.07, 6.45) is 0. The molecular weight excluding hydrogens is 174 g/mol. The second kappa shape index (κ2) is 1.70. The fraction of sp³-hybridized carbons (Fsp3) is 0. The molecule has 0 amide bonds. The number of aromatic nitrogens is 1. The minimum Gasteiger partial charge on any atom is -0.494 e. The molecule has 1 rings (SSSR count). The number of nitrogens with one attached hydrogen (secondary N) is 1. The molecule has 0 aliphatic rings. The summed E-state index contributed by atoms with van der Waals surface area (Å²) in [5, 5.41) is 17.3. The Balaban J connectivity index is 3.14. The third-order valence-corrected chi connectivity index (χ3v) is 1.34. The summed E-state index contributed by atoms with van der Waals surface area (Å²) in [4.78, 5) is 2.27. The second-order valence-corrected chi connectivity index (χ2v) is 2.21. The first-order valence-corrected chi connectivity index (χ1v) is 2.76. The van der Waals surface area contributed by atoms with Gasteiger partial charge in [0.2, 0.25) is 5.88 Å². The van der Waals surface area contributed by atoms with Crippen LogP contribution in [0, 0.1) is 0 Å². The molecule has 0 saturated carbocycles. The average Bonchev–Trinajstić information content (AvgIpc) is 1.85. The maximum atomic E-state index is 8.68. The van der Waals surface area contributed by atoms with Crippen molar-refractivity contribution in [3.63, 3.8) is 0 Å².